The summed E-state index contributed by atoms with van der Waals surface area (Å²) in [4.78, 5) is 0. The zero-order chi connectivity index (χ0) is 10.0. The zero-order valence-corrected chi connectivity index (χ0v) is 8.70. The standard InChI is InChI=1S/C9H11F2NO.ClH/c1-5(12)9-7(10)3-6(13-2)4-8(9)11;/h3-5H,12H2,1-2H3;1H. The van der Waals surface area contributed by atoms with Gasteiger partial charge in [0, 0.05) is 23.7 Å². The number of ether oxygens (including phenoxy) is 1. The van der Waals surface area contributed by atoms with Crippen molar-refractivity contribution in [2.45, 2.75) is 13.0 Å². The van der Waals surface area contributed by atoms with Gasteiger partial charge < -0.3 is 10.5 Å². The maximum atomic E-state index is 13.1. The van der Waals surface area contributed by atoms with E-state index in [9.17, 15) is 8.78 Å². The average Bonchev–Trinajstić information content (AvgIpc) is 2.02. The van der Waals surface area contributed by atoms with E-state index in [0.29, 0.717) is 0 Å². The summed E-state index contributed by atoms with van der Waals surface area (Å²) in [6.07, 6.45) is 0. The Morgan fingerprint density at radius 2 is 1.71 bits per heavy atom. The van der Waals surface area contributed by atoms with Gasteiger partial charge in [-0.05, 0) is 6.92 Å². The van der Waals surface area contributed by atoms with Crippen LogP contribution in [0, 0.1) is 11.6 Å². The van der Waals surface area contributed by atoms with Crippen LogP contribution >= 0.6 is 12.4 Å². The molecule has 1 aromatic carbocycles. The predicted molar refractivity (Wildman–Crippen MR) is 52.8 cm³/mol. The minimum absolute atomic E-state index is 0. The van der Waals surface area contributed by atoms with E-state index < -0.39 is 17.7 Å². The third-order valence-corrected chi connectivity index (χ3v) is 1.74. The lowest BCUT2D eigenvalue weighted by Gasteiger charge is -2.09. The predicted octanol–water partition coefficient (Wildman–Crippen LogP) is 2.41. The first-order chi connectivity index (χ1) is 6.06. The molecule has 0 aliphatic rings. The molecule has 1 rings (SSSR count). The summed E-state index contributed by atoms with van der Waals surface area (Å²) in [6, 6.07) is 1.56. The van der Waals surface area contributed by atoms with Gasteiger partial charge in [0.25, 0.3) is 0 Å². The fraction of sp³-hybridized carbons (Fsp3) is 0.333. The van der Waals surface area contributed by atoms with Gasteiger partial charge in [-0.2, -0.15) is 0 Å². The highest BCUT2D eigenvalue weighted by Crippen LogP contribution is 2.23. The average molecular weight is 224 g/mol. The van der Waals surface area contributed by atoms with E-state index in [1.165, 1.54) is 14.0 Å². The maximum absolute atomic E-state index is 13.1. The van der Waals surface area contributed by atoms with Gasteiger partial charge in [-0.3, -0.25) is 0 Å². The first kappa shape index (κ1) is 13.1. The molecule has 1 atom stereocenters. The molecule has 5 heteroatoms. The normalized spacial score (nSPS) is 11.8. The molecule has 0 aliphatic heterocycles. The monoisotopic (exact) mass is 223 g/mol. The van der Waals surface area contributed by atoms with E-state index >= 15 is 0 Å². The highest BCUT2D eigenvalue weighted by Gasteiger charge is 2.14. The second kappa shape index (κ2) is 5.12. The van der Waals surface area contributed by atoms with Crippen molar-refractivity contribution < 1.29 is 13.5 Å². The third-order valence-electron chi connectivity index (χ3n) is 1.74. The van der Waals surface area contributed by atoms with E-state index in [4.69, 9.17) is 5.73 Å². The first-order valence-corrected chi connectivity index (χ1v) is 3.84. The van der Waals surface area contributed by atoms with E-state index in [0.717, 1.165) is 12.1 Å². The van der Waals surface area contributed by atoms with Crippen molar-refractivity contribution in [1.29, 1.82) is 0 Å². The largest absolute Gasteiger partial charge is 0.497 e. The second-order valence-electron chi connectivity index (χ2n) is 2.79. The molecule has 1 aromatic rings. The van der Waals surface area contributed by atoms with Crippen LogP contribution < -0.4 is 10.5 Å². The lowest BCUT2D eigenvalue weighted by molar-refractivity contribution is 0.404. The molecule has 1 unspecified atom stereocenters. The molecule has 0 spiro atoms. The Bertz CT molecular complexity index is 295. The second-order valence-corrected chi connectivity index (χ2v) is 2.79. The molecule has 0 saturated heterocycles. The smallest absolute Gasteiger partial charge is 0.134 e. The van der Waals surface area contributed by atoms with Gasteiger partial charge in [-0.1, -0.05) is 0 Å². The molecule has 0 radical (unpaired) electrons. The molecule has 0 heterocycles. The van der Waals surface area contributed by atoms with Crippen LogP contribution in [0.1, 0.15) is 18.5 Å². The molecule has 0 saturated carbocycles. The summed E-state index contributed by atoms with van der Waals surface area (Å²) < 4.78 is 31.0. The highest BCUT2D eigenvalue weighted by molar-refractivity contribution is 5.85. The van der Waals surface area contributed by atoms with Gasteiger partial charge in [0.2, 0.25) is 0 Å². The molecule has 0 bridgehead atoms. The number of hydrogen-bond donors (Lipinski definition) is 1. The van der Waals surface area contributed by atoms with Gasteiger partial charge in [-0.15, -0.1) is 12.4 Å². The molecule has 14 heavy (non-hydrogen) atoms. The van der Waals surface area contributed by atoms with Gasteiger partial charge in [0.15, 0.2) is 0 Å². The Labute approximate surface area is 87.5 Å². The fourth-order valence-corrected chi connectivity index (χ4v) is 1.11. The third kappa shape index (κ3) is 2.56. The Morgan fingerprint density at radius 3 is 2.00 bits per heavy atom. The summed E-state index contributed by atoms with van der Waals surface area (Å²) in [5.41, 5.74) is 5.28. The summed E-state index contributed by atoms with van der Waals surface area (Å²) >= 11 is 0. The molecule has 0 aromatic heterocycles. The van der Waals surface area contributed by atoms with E-state index in [-0.39, 0.29) is 23.7 Å². The van der Waals surface area contributed by atoms with Crippen LogP contribution in [0.3, 0.4) is 0 Å². The van der Waals surface area contributed by atoms with E-state index in [2.05, 4.69) is 4.74 Å². The Kier molecular flexibility index (Phi) is 4.80. The number of benzene rings is 1. The highest BCUT2D eigenvalue weighted by atomic mass is 35.5. The quantitative estimate of drug-likeness (QED) is 0.836. The fourth-order valence-electron chi connectivity index (χ4n) is 1.11. The molecule has 80 valence electrons. The topological polar surface area (TPSA) is 35.2 Å². The number of hydrogen-bond acceptors (Lipinski definition) is 2. The van der Waals surface area contributed by atoms with Crippen LogP contribution in [0.5, 0.6) is 5.75 Å². The number of nitrogens with two attached hydrogens (primary N) is 1. The molecule has 0 amide bonds. The zero-order valence-electron chi connectivity index (χ0n) is 7.88. The summed E-state index contributed by atoms with van der Waals surface area (Å²) in [7, 11) is 1.35. The Balaban J connectivity index is 0.00000169. The van der Waals surface area contributed by atoms with Crippen LogP contribution in [-0.2, 0) is 0 Å². The summed E-state index contributed by atoms with van der Waals surface area (Å²) in [5.74, 6) is -1.20. The lowest BCUT2D eigenvalue weighted by Crippen LogP contribution is -2.10. The van der Waals surface area contributed by atoms with E-state index in [1.807, 2.05) is 0 Å². The van der Waals surface area contributed by atoms with Crippen molar-refractivity contribution in [3.8, 4) is 5.75 Å². The van der Waals surface area contributed by atoms with Crippen molar-refractivity contribution in [1.82, 2.24) is 0 Å². The van der Waals surface area contributed by atoms with E-state index in [1.54, 1.807) is 0 Å². The maximum Gasteiger partial charge on any atom is 0.134 e. The van der Waals surface area contributed by atoms with Gasteiger partial charge >= 0.3 is 0 Å². The number of methoxy groups -OCH3 is 1. The van der Waals surface area contributed by atoms with Crippen LogP contribution in [0.4, 0.5) is 8.78 Å². The van der Waals surface area contributed by atoms with Crippen molar-refractivity contribution in [3.05, 3.63) is 29.3 Å². The van der Waals surface area contributed by atoms with Crippen LogP contribution in [-0.4, -0.2) is 7.11 Å². The van der Waals surface area contributed by atoms with Crippen molar-refractivity contribution in [2.75, 3.05) is 7.11 Å². The number of halogens is 3. The molecular weight excluding hydrogens is 212 g/mol. The number of rotatable bonds is 2. The van der Waals surface area contributed by atoms with Crippen LogP contribution in [0.15, 0.2) is 12.1 Å². The minimum atomic E-state index is -0.674. The molecule has 0 fully saturated rings. The first-order valence-electron chi connectivity index (χ1n) is 3.84. The molecule has 2 nitrogen and oxygen atoms in total. The van der Waals surface area contributed by atoms with Crippen LogP contribution in [0.25, 0.3) is 0 Å². The van der Waals surface area contributed by atoms with Gasteiger partial charge in [-0.25, -0.2) is 8.78 Å². The van der Waals surface area contributed by atoms with Gasteiger partial charge in [0.1, 0.15) is 17.4 Å². The molecule has 2 N–H and O–H groups in total. The van der Waals surface area contributed by atoms with Crippen molar-refractivity contribution in [2.24, 2.45) is 5.73 Å². The SMILES string of the molecule is COc1cc(F)c(C(C)N)c(F)c1.Cl. The lowest BCUT2D eigenvalue weighted by atomic mass is 10.1. The Hall–Kier alpha value is -0.870. The van der Waals surface area contributed by atoms with Gasteiger partial charge in [0.05, 0.1) is 7.11 Å². The molecular formula is C9H12ClF2NO. The minimum Gasteiger partial charge on any atom is -0.497 e. The summed E-state index contributed by atoms with van der Waals surface area (Å²) in [5, 5.41) is 0. The van der Waals surface area contributed by atoms with Crippen molar-refractivity contribution in [3.63, 3.8) is 0 Å². The molecule has 0 aliphatic carbocycles. The van der Waals surface area contributed by atoms with Crippen molar-refractivity contribution >= 4 is 12.4 Å². The summed E-state index contributed by atoms with van der Waals surface area (Å²) in [6.45, 7) is 1.52. The van der Waals surface area contributed by atoms with Crippen LogP contribution in [0.2, 0.25) is 0 Å². The Morgan fingerprint density at radius 1 is 1.29 bits per heavy atom.